The molecule has 0 radical (unpaired) electrons. The van der Waals surface area contributed by atoms with E-state index in [0.717, 1.165) is 87.4 Å². The molecule has 1 N–H and O–H groups in total. The average molecular weight is 699 g/mol. The standard InChI is InChI=1S/C34H41F3N8OS2/c1-22-24(19-42-9-7-25(8-10-42)41-32-29-16-27(17-34(35,36)37)47-33(29)40-21-39-32)5-6-30-28(22)15-26(18-38)45(30)20-31(23-3-4-23)43-11-13-44(14-12-43)48(2)46/h5-6,15-16,21,23,25,31H,3-4,7-14,17,19-20H2,1-2H3,(H,39,40,41). The fraction of sp³-hybridized carbons (Fsp3) is 0.559. The summed E-state index contributed by atoms with van der Waals surface area (Å²) in [6, 6.07) is 11.0. The maximum Gasteiger partial charge on any atom is 0.393 e. The largest absolute Gasteiger partial charge is 0.393 e. The van der Waals surface area contributed by atoms with Crippen molar-refractivity contribution in [1.29, 1.82) is 5.26 Å². The SMILES string of the molecule is Cc1c(CN2CCC(Nc3ncnc4sc(CC(F)(F)F)cc34)CC2)ccc2c1cc(C#N)n2CC(C1CC1)N1CCN(S(C)=O)CC1. The van der Waals surface area contributed by atoms with Gasteiger partial charge in [0.2, 0.25) is 0 Å². The molecule has 2 aliphatic heterocycles. The van der Waals surface area contributed by atoms with E-state index in [1.54, 1.807) is 12.3 Å². The summed E-state index contributed by atoms with van der Waals surface area (Å²) in [5.74, 6) is 1.24. The molecule has 0 amide bonds. The van der Waals surface area contributed by atoms with Crippen LogP contribution in [0.3, 0.4) is 0 Å². The third kappa shape index (κ3) is 7.26. The molecule has 1 aromatic carbocycles. The lowest BCUT2D eigenvalue weighted by Crippen LogP contribution is -2.52. The van der Waals surface area contributed by atoms with Gasteiger partial charge in [-0.3, -0.25) is 9.80 Å². The number of likely N-dealkylation sites (tertiary alicyclic amines) is 1. The molecule has 3 aromatic heterocycles. The predicted octanol–water partition coefficient (Wildman–Crippen LogP) is 5.70. The highest BCUT2D eigenvalue weighted by Gasteiger charge is 2.37. The van der Waals surface area contributed by atoms with Crippen LogP contribution >= 0.6 is 11.3 Å². The third-order valence-electron chi connectivity index (χ3n) is 10.3. The quantitative estimate of drug-likeness (QED) is 0.227. The van der Waals surface area contributed by atoms with E-state index in [4.69, 9.17) is 0 Å². The molecule has 256 valence electrons. The van der Waals surface area contributed by atoms with Crippen LogP contribution in [0.5, 0.6) is 0 Å². The van der Waals surface area contributed by atoms with Crippen LogP contribution in [0, 0.1) is 24.2 Å². The lowest BCUT2D eigenvalue weighted by Gasteiger charge is -2.39. The van der Waals surface area contributed by atoms with Gasteiger partial charge in [-0.25, -0.2) is 18.5 Å². The van der Waals surface area contributed by atoms with E-state index in [9.17, 15) is 22.6 Å². The van der Waals surface area contributed by atoms with E-state index in [-0.39, 0.29) is 10.9 Å². The van der Waals surface area contributed by atoms with Gasteiger partial charge in [-0.1, -0.05) is 6.07 Å². The van der Waals surface area contributed by atoms with Crippen LogP contribution in [0.4, 0.5) is 19.0 Å². The third-order valence-corrected chi connectivity index (χ3v) is 12.4. The molecule has 3 aliphatic rings. The first kappa shape index (κ1) is 33.4. The molecule has 3 fully saturated rings. The molecule has 0 spiro atoms. The summed E-state index contributed by atoms with van der Waals surface area (Å²) in [5, 5.41) is 15.4. The number of anilines is 1. The van der Waals surface area contributed by atoms with Gasteiger partial charge in [0.1, 0.15) is 28.7 Å². The molecule has 4 aromatic rings. The molecule has 0 bridgehead atoms. The molecule has 2 unspecified atom stereocenters. The Balaban J connectivity index is 1.00. The van der Waals surface area contributed by atoms with Gasteiger partial charge in [-0.2, -0.15) is 18.4 Å². The number of nitrogens with zero attached hydrogens (tertiary/aromatic N) is 7. The van der Waals surface area contributed by atoms with Crippen molar-refractivity contribution in [1.82, 2.24) is 28.6 Å². The number of fused-ring (bicyclic) bond motifs is 2. The molecule has 48 heavy (non-hydrogen) atoms. The highest BCUT2D eigenvalue weighted by atomic mass is 32.2. The number of benzene rings is 1. The van der Waals surface area contributed by atoms with Crippen LogP contribution in [-0.2, 0) is 30.5 Å². The Labute approximate surface area is 285 Å². The minimum Gasteiger partial charge on any atom is -0.367 e. The number of hydrogen-bond acceptors (Lipinski definition) is 8. The highest BCUT2D eigenvalue weighted by Crippen LogP contribution is 2.38. The van der Waals surface area contributed by atoms with Crippen molar-refractivity contribution < 1.29 is 17.4 Å². The molecule has 7 rings (SSSR count). The molecule has 1 saturated carbocycles. The van der Waals surface area contributed by atoms with Crippen LogP contribution in [0.25, 0.3) is 21.1 Å². The van der Waals surface area contributed by atoms with Crippen molar-refractivity contribution in [3.05, 3.63) is 52.3 Å². The van der Waals surface area contributed by atoms with Crippen molar-refractivity contribution in [3.63, 3.8) is 0 Å². The minimum atomic E-state index is -4.26. The Morgan fingerprint density at radius 2 is 1.81 bits per heavy atom. The van der Waals surface area contributed by atoms with Gasteiger partial charge in [0, 0.05) is 86.5 Å². The zero-order valence-corrected chi connectivity index (χ0v) is 28.9. The first-order valence-electron chi connectivity index (χ1n) is 16.7. The van der Waals surface area contributed by atoms with E-state index < -0.39 is 23.6 Å². The normalized spacial score (nSPS) is 20.3. The number of nitrogens with one attached hydrogen (secondary N) is 1. The number of halogens is 3. The number of hydrogen-bond donors (Lipinski definition) is 1. The van der Waals surface area contributed by atoms with Gasteiger partial charge >= 0.3 is 6.18 Å². The fourth-order valence-electron chi connectivity index (χ4n) is 7.48. The van der Waals surface area contributed by atoms with Crippen molar-refractivity contribution in [2.45, 2.75) is 70.4 Å². The molecule has 9 nitrogen and oxygen atoms in total. The van der Waals surface area contributed by atoms with Gasteiger partial charge in [-0.05, 0) is 67.9 Å². The molecule has 1 aliphatic carbocycles. The van der Waals surface area contributed by atoms with E-state index in [2.05, 4.69) is 60.8 Å². The van der Waals surface area contributed by atoms with Crippen LogP contribution in [0.15, 0.2) is 30.6 Å². The van der Waals surface area contributed by atoms with Crippen LogP contribution in [0.2, 0.25) is 0 Å². The number of piperidine rings is 1. The zero-order chi connectivity index (χ0) is 33.6. The van der Waals surface area contributed by atoms with Gasteiger partial charge < -0.3 is 9.88 Å². The maximum absolute atomic E-state index is 13.0. The summed E-state index contributed by atoms with van der Waals surface area (Å²) >= 11 is 1.07. The van der Waals surface area contributed by atoms with Gasteiger partial charge in [-0.15, -0.1) is 11.3 Å². The number of thiophene rings is 1. The monoisotopic (exact) mass is 698 g/mol. The second kappa shape index (κ2) is 13.7. The Morgan fingerprint density at radius 1 is 1.06 bits per heavy atom. The number of rotatable bonds is 10. The molecule has 14 heteroatoms. The van der Waals surface area contributed by atoms with Crippen molar-refractivity contribution in [3.8, 4) is 6.07 Å². The second-order valence-corrected chi connectivity index (χ2v) is 15.9. The number of aromatic nitrogens is 3. The van der Waals surface area contributed by atoms with Crippen molar-refractivity contribution in [2.75, 3.05) is 50.8 Å². The smallest absolute Gasteiger partial charge is 0.367 e. The summed E-state index contributed by atoms with van der Waals surface area (Å²) in [5.41, 5.74) is 4.27. The minimum absolute atomic E-state index is 0.174. The lowest BCUT2D eigenvalue weighted by atomic mass is 10.0. The number of piperazine rings is 1. The van der Waals surface area contributed by atoms with Crippen LogP contribution in [-0.4, -0.2) is 96.6 Å². The summed E-state index contributed by atoms with van der Waals surface area (Å²) in [6.45, 7) is 8.97. The molecular formula is C34H41F3N8OS2. The summed E-state index contributed by atoms with van der Waals surface area (Å²) in [6.07, 6.45) is 2.20. The molecule has 5 heterocycles. The fourth-order valence-corrected chi connectivity index (χ4v) is 9.18. The Bertz CT molecular complexity index is 1850. The zero-order valence-electron chi connectivity index (χ0n) is 27.3. The van der Waals surface area contributed by atoms with E-state index in [1.165, 1.54) is 30.3 Å². The second-order valence-electron chi connectivity index (χ2n) is 13.5. The predicted molar refractivity (Wildman–Crippen MR) is 184 cm³/mol. The van der Waals surface area contributed by atoms with Gasteiger partial charge in [0.05, 0.1) is 22.8 Å². The summed E-state index contributed by atoms with van der Waals surface area (Å²) < 4.78 is 55.1. The van der Waals surface area contributed by atoms with Crippen LogP contribution in [0.1, 0.15) is 47.4 Å². The maximum atomic E-state index is 13.0. The van der Waals surface area contributed by atoms with Gasteiger partial charge in [0.15, 0.2) is 0 Å². The van der Waals surface area contributed by atoms with Crippen LogP contribution < -0.4 is 5.32 Å². The summed E-state index contributed by atoms with van der Waals surface area (Å²) in [7, 11) is -0.937. The number of alkyl halides is 3. The number of aryl methyl sites for hydroxylation is 1. The first-order chi connectivity index (χ1) is 23.1. The Hall–Kier alpha value is -3.09. The highest BCUT2D eigenvalue weighted by molar-refractivity contribution is 7.81. The number of nitriles is 1. The van der Waals surface area contributed by atoms with E-state index in [1.807, 2.05) is 4.31 Å². The Morgan fingerprint density at radius 3 is 2.48 bits per heavy atom. The Kier molecular flexibility index (Phi) is 9.51. The average Bonchev–Trinajstić information content (AvgIpc) is 3.71. The topological polar surface area (TPSA) is 93.3 Å². The van der Waals surface area contributed by atoms with Crippen molar-refractivity contribution in [2.24, 2.45) is 5.92 Å². The molecule has 2 atom stereocenters. The first-order valence-corrected chi connectivity index (χ1v) is 19.0. The van der Waals surface area contributed by atoms with Gasteiger partial charge in [0.25, 0.3) is 0 Å². The van der Waals surface area contributed by atoms with E-state index >= 15 is 0 Å². The lowest BCUT2D eigenvalue weighted by molar-refractivity contribution is -0.126. The molecule has 2 saturated heterocycles. The molecular weight excluding hydrogens is 658 g/mol. The van der Waals surface area contributed by atoms with Crippen molar-refractivity contribution >= 4 is 49.3 Å². The van der Waals surface area contributed by atoms with E-state index in [0.29, 0.717) is 33.7 Å². The summed E-state index contributed by atoms with van der Waals surface area (Å²) in [4.78, 5) is 14.4.